The molecule has 2 rings (SSSR count). The van der Waals surface area contributed by atoms with Gasteiger partial charge >= 0.3 is 0 Å². The Morgan fingerprint density at radius 2 is 2.27 bits per heavy atom. The van der Waals surface area contributed by atoms with E-state index in [9.17, 15) is 5.11 Å². The summed E-state index contributed by atoms with van der Waals surface area (Å²) in [5.74, 6) is 0. The second kappa shape index (κ2) is 3.94. The van der Waals surface area contributed by atoms with Crippen molar-refractivity contribution in [2.45, 2.75) is 38.8 Å². The van der Waals surface area contributed by atoms with Crippen LogP contribution in [0.3, 0.4) is 0 Å². The van der Waals surface area contributed by atoms with Gasteiger partial charge in [0.1, 0.15) is 0 Å². The summed E-state index contributed by atoms with van der Waals surface area (Å²) in [6.45, 7) is 4.98. The maximum Gasteiger partial charge on any atom is 0.0978 e. The number of hydrogen-bond acceptors (Lipinski definition) is 3. The highest BCUT2D eigenvalue weighted by atomic mass is 16.3. The van der Waals surface area contributed by atoms with Crippen molar-refractivity contribution in [2.24, 2.45) is 7.05 Å². The van der Waals surface area contributed by atoms with E-state index in [0.717, 1.165) is 36.3 Å². The van der Waals surface area contributed by atoms with Crippen molar-refractivity contribution in [1.29, 1.82) is 0 Å². The summed E-state index contributed by atoms with van der Waals surface area (Å²) in [6, 6.07) is 0.201. The van der Waals surface area contributed by atoms with Gasteiger partial charge in [-0.05, 0) is 33.2 Å². The van der Waals surface area contributed by atoms with Crippen LogP contribution in [0, 0.1) is 13.8 Å². The molecule has 1 aromatic heterocycles. The van der Waals surface area contributed by atoms with Crippen LogP contribution in [0.25, 0.3) is 0 Å². The standard InChI is InChI=1S/C11H19N3O/c1-7-10(8(2)14(3)13-7)11(15)9-5-4-6-12-9/h9,11-12,15H,4-6H2,1-3H3. The summed E-state index contributed by atoms with van der Waals surface area (Å²) >= 11 is 0. The first-order chi connectivity index (χ1) is 7.11. The topological polar surface area (TPSA) is 50.1 Å². The fourth-order valence-corrected chi connectivity index (χ4v) is 2.40. The first-order valence-electron chi connectivity index (χ1n) is 5.53. The fraction of sp³-hybridized carbons (Fsp3) is 0.727. The van der Waals surface area contributed by atoms with Gasteiger partial charge < -0.3 is 10.4 Å². The molecule has 2 atom stereocenters. The number of aliphatic hydroxyl groups excluding tert-OH is 1. The van der Waals surface area contributed by atoms with Crippen molar-refractivity contribution in [1.82, 2.24) is 15.1 Å². The summed E-state index contributed by atoms with van der Waals surface area (Å²) in [4.78, 5) is 0. The lowest BCUT2D eigenvalue weighted by atomic mass is 9.99. The minimum Gasteiger partial charge on any atom is -0.387 e. The van der Waals surface area contributed by atoms with Crippen molar-refractivity contribution in [3.63, 3.8) is 0 Å². The largest absolute Gasteiger partial charge is 0.387 e. The first-order valence-corrected chi connectivity index (χ1v) is 5.53. The Kier molecular flexibility index (Phi) is 2.80. The zero-order chi connectivity index (χ0) is 11.0. The molecule has 1 saturated heterocycles. The molecule has 0 aromatic carbocycles. The quantitative estimate of drug-likeness (QED) is 0.758. The fourth-order valence-electron chi connectivity index (χ4n) is 2.40. The molecule has 84 valence electrons. The molecule has 0 amide bonds. The highest BCUT2D eigenvalue weighted by Crippen LogP contribution is 2.27. The van der Waals surface area contributed by atoms with E-state index in [1.165, 1.54) is 0 Å². The predicted octanol–water partition coefficient (Wildman–Crippen LogP) is 0.822. The Labute approximate surface area is 90.3 Å². The van der Waals surface area contributed by atoms with E-state index in [4.69, 9.17) is 0 Å². The normalized spacial score (nSPS) is 23.3. The van der Waals surface area contributed by atoms with Crippen LogP contribution in [-0.2, 0) is 7.05 Å². The van der Waals surface area contributed by atoms with E-state index in [2.05, 4.69) is 10.4 Å². The van der Waals surface area contributed by atoms with Crippen molar-refractivity contribution >= 4 is 0 Å². The number of aliphatic hydroxyl groups is 1. The lowest BCUT2D eigenvalue weighted by Crippen LogP contribution is -2.29. The Morgan fingerprint density at radius 3 is 2.73 bits per heavy atom. The van der Waals surface area contributed by atoms with Gasteiger partial charge in [0.2, 0.25) is 0 Å². The highest BCUT2D eigenvalue weighted by molar-refractivity contribution is 5.28. The van der Waals surface area contributed by atoms with E-state index in [0.29, 0.717) is 0 Å². The Balaban J connectivity index is 2.27. The maximum atomic E-state index is 10.3. The number of nitrogens with zero attached hydrogens (tertiary/aromatic N) is 2. The van der Waals surface area contributed by atoms with Crippen LogP contribution >= 0.6 is 0 Å². The Morgan fingerprint density at radius 1 is 1.53 bits per heavy atom. The van der Waals surface area contributed by atoms with Crippen LogP contribution < -0.4 is 5.32 Å². The third-order valence-electron chi connectivity index (χ3n) is 3.34. The van der Waals surface area contributed by atoms with Gasteiger partial charge in [-0.25, -0.2) is 0 Å². The smallest absolute Gasteiger partial charge is 0.0978 e. The van der Waals surface area contributed by atoms with Crippen LogP contribution in [0.4, 0.5) is 0 Å². The van der Waals surface area contributed by atoms with E-state index >= 15 is 0 Å². The first kappa shape index (κ1) is 10.6. The molecule has 1 aliphatic rings. The molecule has 2 heterocycles. The highest BCUT2D eigenvalue weighted by Gasteiger charge is 2.28. The predicted molar refractivity (Wildman–Crippen MR) is 58.7 cm³/mol. The monoisotopic (exact) mass is 209 g/mol. The van der Waals surface area contributed by atoms with Crippen LogP contribution in [0.5, 0.6) is 0 Å². The van der Waals surface area contributed by atoms with Gasteiger partial charge in [-0.3, -0.25) is 4.68 Å². The summed E-state index contributed by atoms with van der Waals surface area (Å²) < 4.78 is 1.84. The molecule has 4 nitrogen and oxygen atoms in total. The average Bonchev–Trinajstić information content (AvgIpc) is 2.76. The minimum atomic E-state index is -0.416. The number of hydrogen-bond donors (Lipinski definition) is 2. The lowest BCUT2D eigenvalue weighted by Gasteiger charge is -2.18. The van der Waals surface area contributed by atoms with Crippen molar-refractivity contribution in [2.75, 3.05) is 6.54 Å². The molecular formula is C11H19N3O. The molecule has 0 radical (unpaired) electrons. The van der Waals surface area contributed by atoms with Gasteiger partial charge in [0, 0.05) is 24.3 Å². The van der Waals surface area contributed by atoms with E-state index in [1.807, 2.05) is 25.6 Å². The number of nitrogens with one attached hydrogen (secondary N) is 1. The van der Waals surface area contributed by atoms with Gasteiger partial charge in [-0.15, -0.1) is 0 Å². The van der Waals surface area contributed by atoms with Gasteiger partial charge in [0.05, 0.1) is 11.8 Å². The van der Waals surface area contributed by atoms with Gasteiger partial charge in [-0.1, -0.05) is 0 Å². The summed E-state index contributed by atoms with van der Waals surface area (Å²) in [6.07, 6.45) is 1.79. The second-order valence-electron chi connectivity index (χ2n) is 4.36. The van der Waals surface area contributed by atoms with E-state index in [1.54, 1.807) is 0 Å². The lowest BCUT2D eigenvalue weighted by molar-refractivity contribution is 0.136. The molecule has 0 aliphatic carbocycles. The van der Waals surface area contributed by atoms with Crippen LogP contribution in [0.1, 0.15) is 35.9 Å². The molecule has 0 spiro atoms. The molecule has 1 aromatic rings. The minimum absolute atomic E-state index is 0.201. The van der Waals surface area contributed by atoms with Crippen LogP contribution in [-0.4, -0.2) is 27.5 Å². The summed E-state index contributed by atoms with van der Waals surface area (Å²) in [5.41, 5.74) is 3.00. The summed E-state index contributed by atoms with van der Waals surface area (Å²) in [5, 5.41) is 17.9. The van der Waals surface area contributed by atoms with Crippen LogP contribution in [0.15, 0.2) is 0 Å². The molecular weight excluding hydrogens is 190 g/mol. The number of rotatable bonds is 2. The average molecular weight is 209 g/mol. The molecule has 4 heteroatoms. The Hall–Kier alpha value is -0.870. The van der Waals surface area contributed by atoms with E-state index < -0.39 is 6.10 Å². The zero-order valence-corrected chi connectivity index (χ0v) is 9.62. The zero-order valence-electron chi connectivity index (χ0n) is 9.62. The second-order valence-corrected chi connectivity index (χ2v) is 4.36. The molecule has 15 heavy (non-hydrogen) atoms. The molecule has 2 N–H and O–H groups in total. The molecule has 1 fully saturated rings. The van der Waals surface area contributed by atoms with Gasteiger partial charge in [-0.2, -0.15) is 5.10 Å². The Bertz CT molecular complexity index is 353. The van der Waals surface area contributed by atoms with Gasteiger partial charge in [0.25, 0.3) is 0 Å². The van der Waals surface area contributed by atoms with E-state index in [-0.39, 0.29) is 6.04 Å². The number of aryl methyl sites for hydroxylation is 2. The number of aromatic nitrogens is 2. The third-order valence-corrected chi connectivity index (χ3v) is 3.34. The van der Waals surface area contributed by atoms with Gasteiger partial charge in [0.15, 0.2) is 0 Å². The van der Waals surface area contributed by atoms with Crippen molar-refractivity contribution in [3.8, 4) is 0 Å². The molecule has 1 aliphatic heterocycles. The molecule has 2 unspecified atom stereocenters. The SMILES string of the molecule is Cc1nn(C)c(C)c1C(O)C1CCCN1. The van der Waals surface area contributed by atoms with Crippen molar-refractivity contribution < 1.29 is 5.11 Å². The maximum absolute atomic E-state index is 10.3. The molecule has 0 bridgehead atoms. The third kappa shape index (κ3) is 1.79. The van der Waals surface area contributed by atoms with Crippen molar-refractivity contribution in [3.05, 3.63) is 17.0 Å². The summed E-state index contributed by atoms with van der Waals surface area (Å²) in [7, 11) is 1.92. The molecule has 0 saturated carbocycles. The van der Waals surface area contributed by atoms with Crippen LogP contribution in [0.2, 0.25) is 0 Å².